The van der Waals surface area contributed by atoms with Crippen molar-refractivity contribution in [3.8, 4) is 0 Å². The van der Waals surface area contributed by atoms with Crippen LogP contribution < -0.4 is 10.6 Å². The zero-order valence-electron chi connectivity index (χ0n) is 9.95. The summed E-state index contributed by atoms with van der Waals surface area (Å²) in [6.45, 7) is 4.04. The molecule has 0 radical (unpaired) electrons. The van der Waals surface area contributed by atoms with Gasteiger partial charge in [0.05, 0.1) is 12.5 Å². The summed E-state index contributed by atoms with van der Waals surface area (Å²) in [6, 6.07) is -0.206. The number of carboxylic acid groups (broad SMARTS) is 1. The number of hydrogen-bond acceptors (Lipinski definition) is 3. The number of nitrogens with one attached hydrogen (secondary N) is 2. The number of carbonyl (C=O) groups is 2. The first-order valence-electron chi connectivity index (χ1n) is 5.28. The number of ether oxygens (including phenoxy) is 1. The third kappa shape index (κ3) is 7.05. The van der Waals surface area contributed by atoms with Crippen LogP contribution in [-0.4, -0.2) is 42.9 Å². The van der Waals surface area contributed by atoms with Crippen LogP contribution >= 0.6 is 0 Å². The van der Waals surface area contributed by atoms with Crippen molar-refractivity contribution in [3.63, 3.8) is 0 Å². The third-order valence-electron chi connectivity index (χ3n) is 2.22. The molecule has 0 spiro atoms. The largest absolute Gasteiger partial charge is 0.481 e. The topological polar surface area (TPSA) is 87.7 Å². The van der Waals surface area contributed by atoms with Gasteiger partial charge >= 0.3 is 12.0 Å². The standard InChI is InChI=1S/C10H20N2O4/c1-4-7(2)12-10(15)11-6-8(16-3)5-9(13)14/h7-8H,4-6H2,1-3H3,(H,13,14)(H2,11,12,15). The summed E-state index contributed by atoms with van der Waals surface area (Å²) in [6.07, 6.45) is 0.219. The summed E-state index contributed by atoms with van der Waals surface area (Å²) >= 11 is 0. The molecule has 2 amide bonds. The van der Waals surface area contributed by atoms with E-state index in [1.165, 1.54) is 7.11 Å². The van der Waals surface area contributed by atoms with E-state index in [2.05, 4.69) is 10.6 Å². The van der Waals surface area contributed by atoms with Crippen molar-refractivity contribution in [2.45, 2.75) is 38.8 Å². The maximum absolute atomic E-state index is 11.3. The van der Waals surface area contributed by atoms with Gasteiger partial charge in [-0.3, -0.25) is 4.79 Å². The number of rotatable bonds is 7. The second-order valence-electron chi connectivity index (χ2n) is 3.62. The monoisotopic (exact) mass is 232 g/mol. The van der Waals surface area contributed by atoms with Crippen LogP contribution in [0, 0.1) is 0 Å². The molecule has 0 fully saturated rings. The first-order chi connectivity index (χ1) is 7.49. The number of amides is 2. The Balaban J connectivity index is 3.83. The number of carboxylic acids is 1. The van der Waals surface area contributed by atoms with Crippen LogP contribution in [-0.2, 0) is 9.53 Å². The van der Waals surface area contributed by atoms with Crippen LogP contribution in [0.25, 0.3) is 0 Å². The second kappa shape index (κ2) is 7.92. The van der Waals surface area contributed by atoms with Gasteiger partial charge in [0.2, 0.25) is 0 Å². The predicted octanol–water partition coefficient (Wildman–Crippen LogP) is 0.574. The van der Waals surface area contributed by atoms with Crippen molar-refractivity contribution in [2.75, 3.05) is 13.7 Å². The Hall–Kier alpha value is -1.30. The molecule has 6 heteroatoms. The predicted molar refractivity (Wildman–Crippen MR) is 59.3 cm³/mol. The van der Waals surface area contributed by atoms with Crippen LogP contribution in [0.1, 0.15) is 26.7 Å². The summed E-state index contributed by atoms with van der Waals surface area (Å²) in [4.78, 5) is 21.7. The smallest absolute Gasteiger partial charge is 0.315 e. The number of hydrogen-bond donors (Lipinski definition) is 3. The van der Waals surface area contributed by atoms with E-state index in [1.807, 2.05) is 13.8 Å². The molecule has 2 unspecified atom stereocenters. The van der Waals surface area contributed by atoms with Crippen LogP contribution in [0.15, 0.2) is 0 Å². The highest BCUT2D eigenvalue weighted by atomic mass is 16.5. The van der Waals surface area contributed by atoms with Crippen LogP contribution in [0.3, 0.4) is 0 Å². The normalized spacial score (nSPS) is 13.9. The Labute approximate surface area is 95.4 Å². The molecule has 0 aromatic carbocycles. The summed E-state index contributed by atoms with van der Waals surface area (Å²) in [7, 11) is 1.42. The van der Waals surface area contributed by atoms with Crippen LogP contribution in [0.5, 0.6) is 0 Å². The minimum Gasteiger partial charge on any atom is -0.481 e. The molecule has 0 aromatic rings. The maximum atomic E-state index is 11.3. The van der Waals surface area contributed by atoms with E-state index in [0.29, 0.717) is 0 Å². The fourth-order valence-corrected chi connectivity index (χ4v) is 1.02. The molecule has 0 saturated heterocycles. The Morgan fingerprint density at radius 2 is 2.06 bits per heavy atom. The van der Waals surface area contributed by atoms with Crippen molar-refractivity contribution >= 4 is 12.0 Å². The van der Waals surface area contributed by atoms with Crippen molar-refractivity contribution < 1.29 is 19.4 Å². The average molecular weight is 232 g/mol. The Morgan fingerprint density at radius 3 is 2.50 bits per heavy atom. The molecule has 0 aliphatic heterocycles. The molecule has 3 N–H and O–H groups in total. The lowest BCUT2D eigenvalue weighted by Crippen LogP contribution is -2.44. The van der Waals surface area contributed by atoms with E-state index in [9.17, 15) is 9.59 Å². The van der Waals surface area contributed by atoms with E-state index in [-0.39, 0.29) is 25.0 Å². The molecule has 0 heterocycles. The Bertz CT molecular complexity index is 233. The summed E-state index contributed by atoms with van der Waals surface area (Å²) in [5.41, 5.74) is 0. The van der Waals surface area contributed by atoms with Gasteiger partial charge in [0, 0.05) is 19.7 Å². The van der Waals surface area contributed by atoms with E-state index >= 15 is 0 Å². The van der Waals surface area contributed by atoms with E-state index in [4.69, 9.17) is 9.84 Å². The minimum atomic E-state index is -0.948. The number of urea groups is 1. The molecule has 0 saturated carbocycles. The Morgan fingerprint density at radius 1 is 1.44 bits per heavy atom. The summed E-state index contributed by atoms with van der Waals surface area (Å²) < 4.78 is 4.92. The van der Waals surface area contributed by atoms with Crippen molar-refractivity contribution in [1.29, 1.82) is 0 Å². The molecule has 0 aliphatic rings. The van der Waals surface area contributed by atoms with Gasteiger partial charge in [0.25, 0.3) is 0 Å². The van der Waals surface area contributed by atoms with Gasteiger partial charge in [0.1, 0.15) is 0 Å². The molecular formula is C10H20N2O4. The van der Waals surface area contributed by atoms with Crippen LogP contribution in [0.4, 0.5) is 4.79 Å². The van der Waals surface area contributed by atoms with Crippen LogP contribution in [0.2, 0.25) is 0 Å². The van der Waals surface area contributed by atoms with Crippen molar-refractivity contribution in [3.05, 3.63) is 0 Å². The minimum absolute atomic E-state index is 0.0977. The second-order valence-corrected chi connectivity index (χ2v) is 3.62. The van der Waals surface area contributed by atoms with Crippen molar-refractivity contribution in [2.24, 2.45) is 0 Å². The third-order valence-corrected chi connectivity index (χ3v) is 2.22. The van der Waals surface area contributed by atoms with Gasteiger partial charge in [-0.05, 0) is 13.3 Å². The fraction of sp³-hybridized carbons (Fsp3) is 0.800. The van der Waals surface area contributed by atoms with E-state index < -0.39 is 12.1 Å². The lowest BCUT2D eigenvalue weighted by atomic mass is 10.2. The molecular weight excluding hydrogens is 212 g/mol. The highest BCUT2D eigenvalue weighted by Crippen LogP contribution is 1.95. The van der Waals surface area contributed by atoms with Gasteiger partial charge in [-0.1, -0.05) is 6.92 Å². The summed E-state index contributed by atoms with van der Waals surface area (Å²) in [5, 5.41) is 13.8. The molecule has 94 valence electrons. The highest BCUT2D eigenvalue weighted by molar-refractivity contribution is 5.74. The van der Waals surface area contributed by atoms with Gasteiger partial charge in [-0.2, -0.15) is 0 Å². The zero-order chi connectivity index (χ0) is 12.6. The van der Waals surface area contributed by atoms with Crippen molar-refractivity contribution in [1.82, 2.24) is 10.6 Å². The molecule has 0 aromatic heterocycles. The van der Waals surface area contributed by atoms with Gasteiger partial charge in [-0.25, -0.2) is 4.79 Å². The zero-order valence-corrected chi connectivity index (χ0v) is 9.95. The first kappa shape index (κ1) is 14.7. The maximum Gasteiger partial charge on any atom is 0.315 e. The molecule has 6 nitrogen and oxygen atoms in total. The lowest BCUT2D eigenvalue weighted by Gasteiger charge is -2.16. The molecule has 16 heavy (non-hydrogen) atoms. The molecule has 0 aliphatic carbocycles. The van der Waals surface area contributed by atoms with Gasteiger partial charge < -0.3 is 20.5 Å². The molecule has 0 bridgehead atoms. The quantitative estimate of drug-likeness (QED) is 0.599. The highest BCUT2D eigenvalue weighted by Gasteiger charge is 2.13. The SMILES string of the molecule is CCC(C)NC(=O)NCC(CC(=O)O)OC. The van der Waals surface area contributed by atoms with E-state index in [0.717, 1.165) is 6.42 Å². The van der Waals surface area contributed by atoms with E-state index in [1.54, 1.807) is 0 Å². The fourth-order valence-electron chi connectivity index (χ4n) is 1.02. The Kier molecular flexibility index (Phi) is 7.28. The number of carbonyl (C=O) groups excluding carboxylic acids is 1. The molecule has 2 atom stereocenters. The molecule has 0 rings (SSSR count). The van der Waals surface area contributed by atoms with Gasteiger partial charge in [0.15, 0.2) is 0 Å². The number of aliphatic carboxylic acids is 1. The summed E-state index contributed by atoms with van der Waals surface area (Å²) in [5.74, 6) is -0.948. The lowest BCUT2D eigenvalue weighted by molar-refractivity contribution is -0.139. The average Bonchev–Trinajstić information content (AvgIpc) is 2.23. The first-order valence-corrected chi connectivity index (χ1v) is 5.28. The number of methoxy groups -OCH3 is 1. The van der Waals surface area contributed by atoms with Gasteiger partial charge in [-0.15, -0.1) is 0 Å².